The molecule has 1 aliphatic carbocycles. The van der Waals surface area contributed by atoms with Gasteiger partial charge in [-0.25, -0.2) is 0 Å². The zero-order valence-electron chi connectivity index (χ0n) is 11.9. The van der Waals surface area contributed by atoms with Crippen molar-refractivity contribution in [3.8, 4) is 0 Å². The molecule has 2 N–H and O–H groups in total. The third-order valence-corrected chi connectivity index (χ3v) is 4.05. The van der Waals surface area contributed by atoms with Crippen molar-refractivity contribution in [3.63, 3.8) is 0 Å². The third kappa shape index (κ3) is 3.38. The lowest BCUT2D eigenvalue weighted by Crippen LogP contribution is -2.41. The second kappa shape index (κ2) is 6.07. The molecule has 0 heterocycles. The van der Waals surface area contributed by atoms with Crippen molar-refractivity contribution >= 4 is 11.9 Å². The number of aliphatic carboxylic acids is 1. The van der Waals surface area contributed by atoms with Crippen LogP contribution in [0.3, 0.4) is 0 Å². The molecule has 1 fully saturated rings. The van der Waals surface area contributed by atoms with Crippen molar-refractivity contribution in [1.29, 1.82) is 0 Å². The fourth-order valence-corrected chi connectivity index (χ4v) is 2.84. The number of hydrogen-bond acceptors (Lipinski definition) is 2. The van der Waals surface area contributed by atoms with E-state index in [1.54, 1.807) is 0 Å². The smallest absolute Gasteiger partial charge is 0.325 e. The van der Waals surface area contributed by atoms with Gasteiger partial charge in [-0.3, -0.25) is 9.59 Å². The molecule has 3 atom stereocenters. The molecule has 1 amide bonds. The fourth-order valence-electron chi connectivity index (χ4n) is 2.84. The lowest BCUT2D eigenvalue weighted by Gasteiger charge is -2.14. The number of aryl methyl sites for hydroxylation is 1. The number of hydrogen-bond donors (Lipinski definition) is 2. The van der Waals surface area contributed by atoms with E-state index in [9.17, 15) is 9.59 Å². The summed E-state index contributed by atoms with van der Waals surface area (Å²) in [7, 11) is 0. The van der Waals surface area contributed by atoms with Gasteiger partial charge in [-0.1, -0.05) is 29.8 Å². The highest BCUT2D eigenvalue weighted by Crippen LogP contribution is 2.38. The SMILES string of the molecule is Cc1cccc([C@H]2CC[C@@H](C(=O)N[C@@H](C)C(=O)O)C2)c1. The predicted molar refractivity (Wildman–Crippen MR) is 76.5 cm³/mol. The van der Waals surface area contributed by atoms with Gasteiger partial charge in [0.15, 0.2) is 0 Å². The summed E-state index contributed by atoms with van der Waals surface area (Å²) in [6, 6.07) is 7.57. The Morgan fingerprint density at radius 1 is 1.35 bits per heavy atom. The van der Waals surface area contributed by atoms with Gasteiger partial charge in [-0.05, 0) is 44.6 Å². The minimum atomic E-state index is -0.994. The van der Waals surface area contributed by atoms with Crippen molar-refractivity contribution < 1.29 is 14.7 Å². The number of benzene rings is 1. The highest BCUT2D eigenvalue weighted by Gasteiger charge is 2.31. The van der Waals surface area contributed by atoms with Crippen molar-refractivity contribution in [1.82, 2.24) is 5.32 Å². The van der Waals surface area contributed by atoms with Crippen molar-refractivity contribution in [2.45, 2.75) is 45.1 Å². The van der Waals surface area contributed by atoms with E-state index in [4.69, 9.17) is 5.11 Å². The van der Waals surface area contributed by atoms with E-state index < -0.39 is 12.0 Å². The summed E-state index contributed by atoms with van der Waals surface area (Å²) in [5, 5.41) is 11.4. The standard InChI is InChI=1S/C16H21NO3/c1-10-4-3-5-12(8-10)13-6-7-14(9-13)15(18)17-11(2)16(19)20/h3-5,8,11,13-14H,6-7,9H2,1-2H3,(H,17,18)(H,19,20)/t11-,13-,14+/m0/s1. The normalized spacial score (nSPS) is 23.3. The first-order valence-electron chi connectivity index (χ1n) is 7.07. The summed E-state index contributed by atoms with van der Waals surface area (Å²) in [6.07, 6.45) is 2.63. The molecule has 1 saturated carbocycles. The van der Waals surface area contributed by atoms with Crippen LogP contribution in [-0.2, 0) is 9.59 Å². The van der Waals surface area contributed by atoms with E-state index in [0.29, 0.717) is 5.92 Å². The summed E-state index contributed by atoms with van der Waals surface area (Å²) in [6.45, 7) is 3.56. The van der Waals surface area contributed by atoms with Gasteiger partial charge in [0.1, 0.15) is 6.04 Å². The van der Waals surface area contributed by atoms with E-state index in [1.807, 2.05) is 6.07 Å². The zero-order chi connectivity index (χ0) is 14.7. The molecular formula is C16H21NO3. The van der Waals surface area contributed by atoms with Crippen LogP contribution in [0, 0.1) is 12.8 Å². The van der Waals surface area contributed by atoms with Gasteiger partial charge < -0.3 is 10.4 Å². The number of nitrogens with one attached hydrogen (secondary N) is 1. The predicted octanol–water partition coefficient (Wildman–Crippen LogP) is 2.47. The number of carbonyl (C=O) groups is 2. The maximum Gasteiger partial charge on any atom is 0.325 e. The highest BCUT2D eigenvalue weighted by atomic mass is 16.4. The van der Waals surface area contributed by atoms with Crippen LogP contribution in [-0.4, -0.2) is 23.0 Å². The van der Waals surface area contributed by atoms with Crippen molar-refractivity contribution in [3.05, 3.63) is 35.4 Å². The van der Waals surface area contributed by atoms with Crippen LogP contribution in [0.5, 0.6) is 0 Å². The Bertz CT molecular complexity index is 512. The van der Waals surface area contributed by atoms with E-state index in [2.05, 4.69) is 30.4 Å². The summed E-state index contributed by atoms with van der Waals surface area (Å²) >= 11 is 0. The second-order valence-corrected chi connectivity index (χ2v) is 5.69. The van der Waals surface area contributed by atoms with Gasteiger partial charge >= 0.3 is 5.97 Å². The van der Waals surface area contributed by atoms with Gasteiger partial charge in [-0.2, -0.15) is 0 Å². The quantitative estimate of drug-likeness (QED) is 0.887. The van der Waals surface area contributed by atoms with Crippen LogP contribution in [0.2, 0.25) is 0 Å². The minimum absolute atomic E-state index is 0.0673. The Morgan fingerprint density at radius 2 is 2.10 bits per heavy atom. The molecule has 0 unspecified atom stereocenters. The topological polar surface area (TPSA) is 66.4 Å². The summed E-state index contributed by atoms with van der Waals surface area (Å²) in [4.78, 5) is 22.8. The Hall–Kier alpha value is -1.84. The lowest BCUT2D eigenvalue weighted by atomic mass is 9.95. The molecular weight excluding hydrogens is 254 g/mol. The molecule has 0 radical (unpaired) electrons. The fraction of sp³-hybridized carbons (Fsp3) is 0.500. The molecule has 1 aliphatic rings. The molecule has 0 saturated heterocycles. The summed E-state index contributed by atoms with van der Waals surface area (Å²) in [5.41, 5.74) is 2.52. The number of rotatable bonds is 4. The molecule has 4 nitrogen and oxygen atoms in total. The van der Waals surface area contributed by atoms with Crippen LogP contribution < -0.4 is 5.32 Å². The maximum absolute atomic E-state index is 12.0. The van der Waals surface area contributed by atoms with Crippen molar-refractivity contribution in [2.75, 3.05) is 0 Å². The van der Waals surface area contributed by atoms with Crippen LogP contribution in [0.25, 0.3) is 0 Å². The third-order valence-electron chi connectivity index (χ3n) is 4.05. The van der Waals surface area contributed by atoms with Gasteiger partial charge in [0.2, 0.25) is 5.91 Å². The molecule has 0 spiro atoms. The van der Waals surface area contributed by atoms with Gasteiger partial charge in [0, 0.05) is 5.92 Å². The Labute approximate surface area is 119 Å². The van der Waals surface area contributed by atoms with Gasteiger partial charge in [-0.15, -0.1) is 0 Å². The highest BCUT2D eigenvalue weighted by molar-refractivity contribution is 5.84. The van der Waals surface area contributed by atoms with E-state index in [1.165, 1.54) is 18.1 Å². The van der Waals surface area contributed by atoms with E-state index in [0.717, 1.165) is 19.3 Å². The molecule has 0 aromatic heterocycles. The van der Waals surface area contributed by atoms with Crippen LogP contribution in [0.15, 0.2) is 24.3 Å². The van der Waals surface area contributed by atoms with Crippen molar-refractivity contribution in [2.24, 2.45) is 5.92 Å². The van der Waals surface area contributed by atoms with E-state index in [-0.39, 0.29) is 11.8 Å². The number of amides is 1. The molecule has 1 aromatic rings. The maximum atomic E-state index is 12.0. The Morgan fingerprint density at radius 3 is 2.75 bits per heavy atom. The number of carboxylic acids is 1. The minimum Gasteiger partial charge on any atom is -0.480 e. The van der Waals surface area contributed by atoms with Gasteiger partial charge in [0.25, 0.3) is 0 Å². The van der Waals surface area contributed by atoms with Crippen LogP contribution in [0.1, 0.15) is 43.2 Å². The monoisotopic (exact) mass is 275 g/mol. The first-order valence-corrected chi connectivity index (χ1v) is 7.07. The molecule has 4 heteroatoms. The number of carboxylic acid groups (broad SMARTS) is 1. The zero-order valence-corrected chi connectivity index (χ0v) is 11.9. The Balaban J connectivity index is 1.95. The molecule has 1 aromatic carbocycles. The molecule has 0 bridgehead atoms. The Kier molecular flexibility index (Phi) is 4.42. The van der Waals surface area contributed by atoms with Crippen LogP contribution >= 0.6 is 0 Å². The molecule has 20 heavy (non-hydrogen) atoms. The summed E-state index contributed by atoms with van der Waals surface area (Å²) < 4.78 is 0. The first-order chi connectivity index (χ1) is 9.47. The summed E-state index contributed by atoms with van der Waals surface area (Å²) in [5.74, 6) is -0.783. The lowest BCUT2D eigenvalue weighted by molar-refractivity contribution is -0.141. The van der Waals surface area contributed by atoms with Gasteiger partial charge in [0.05, 0.1) is 0 Å². The van der Waals surface area contributed by atoms with Crippen LogP contribution in [0.4, 0.5) is 0 Å². The first kappa shape index (κ1) is 14.6. The average Bonchev–Trinajstić information content (AvgIpc) is 2.88. The second-order valence-electron chi connectivity index (χ2n) is 5.69. The van der Waals surface area contributed by atoms with E-state index >= 15 is 0 Å². The average molecular weight is 275 g/mol. The largest absolute Gasteiger partial charge is 0.480 e. The molecule has 108 valence electrons. The molecule has 2 rings (SSSR count). The number of carbonyl (C=O) groups excluding carboxylic acids is 1. The molecule has 0 aliphatic heterocycles.